The summed E-state index contributed by atoms with van der Waals surface area (Å²) < 4.78 is 5.18. The number of carboxylic acid groups (broad SMARTS) is 1. The van der Waals surface area contributed by atoms with Gasteiger partial charge in [-0.05, 0) is 6.42 Å². The zero-order valence-corrected chi connectivity index (χ0v) is 9.27. The van der Waals surface area contributed by atoms with Crippen molar-refractivity contribution < 1.29 is 14.6 Å². The number of carboxylic acids is 1. The smallest absolute Gasteiger partial charge is 0.349 e. The molecule has 1 atom stereocenters. The summed E-state index contributed by atoms with van der Waals surface area (Å²) in [5.41, 5.74) is 0. The predicted octanol–water partition coefficient (Wildman–Crippen LogP) is 1.70. The van der Waals surface area contributed by atoms with Gasteiger partial charge in [0, 0.05) is 6.61 Å². The Bertz CT molecular complexity index is 376. The average molecular weight is 249 g/mol. The van der Waals surface area contributed by atoms with Gasteiger partial charge in [-0.15, -0.1) is 0 Å². The monoisotopic (exact) mass is 248 g/mol. The number of hydrogen-bond donors (Lipinski definition) is 2. The van der Waals surface area contributed by atoms with Gasteiger partial charge in [-0.1, -0.05) is 22.9 Å². The van der Waals surface area contributed by atoms with Crippen LogP contribution in [0.2, 0.25) is 5.15 Å². The highest BCUT2D eigenvalue weighted by molar-refractivity contribution is 7.18. The minimum Gasteiger partial charge on any atom is -0.477 e. The average Bonchev–Trinajstić information content (AvgIpc) is 2.75. The molecule has 0 bridgehead atoms. The van der Waals surface area contributed by atoms with Gasteiger partial charge in [-0.25, -0.2) is 9.78 Å². The van der Waals surface area contributed by atoms with Crippen LogP contribution >= 0.6 is 22.9 Å². The van der Waals surface area contributed by atoms with E-state index in [9.17, 15) is 4.79 Å². The van der Waals surface area contributed by atoms with Gasteiger partial charge in [0.15, 0.2) is 15.2 Å². The number of thiazole rings is 1. The van der Waals surface area contributed by atoms with E-state index < -0.39 is 5.97 Å². The number of halogens is 1. The summed E-state index contributed by atoms with van der Waals surface area (Å²) >= 11 is 6.72. The number of aromatic carboxylic acids is 1. The van der Waals surface area contributed by atoms with Crippen LogP contribution in [0.25, 0.3) is 0 Å². The van der Waals surface area contributed by atoms with Crippen LogP contribution < -0.4 is 5.32 Å². The van der Waals surface area contributed by atoms with Gasteiger partial charge < -0.3 is 15.2 Å². The van der Waals surface area contributed by atoms with Crippen LogP contribution in [0, 0.1) is 0 Å². The van der Waals surface area contributed by atoms with Gasteiger partial charge in [-0.3, -0.25) is 0 Å². The highest BCUT2D eigenvalue weighted by atomic mass is 35.5. The first-order valence-electron chi connectivity index (χ1n) is 4.40. The Kier molecular flexibility index (Phi) is 3.08. The van der Waals surface area contributed by atoms with Crippen molar-refractivity contribution >= 4 is 34.0 Å². The molecule has 0 saturated carbocycles. The van der Waals surface area contributed by atoms with Crippen molar-refractivity contribution in [3.63, 3.8) is 0 Å². The third-order valence-electron chi connectivity index (χ3n) is 2.04. The molecular weight excluding hydrogens is 240 g/mol. The Morgan fingerprint density at radius 1 is 1.73 bits per heavy atom. The van der Waals surface area contributed by atoms with Gasteiger partial charge in [0.2, 0.25) is 0 Å². The van der Waals surface area contributed by atoms with E-state index in [1.165, 1.54) is 0 Å². The normalized spacial score (nSPS) is 20.5. The van der Waals surface area contributed by atoms with Crippen molar-refractivity contribution in [1.82, 2.24) is 4.98 Å². The molecule has 1 aromatic rings. The number of hydrogen-bond acceptors (Lipinski definition) is 5. The van der Waals surface area contributed by atoms with Crippen LogP contribution in [0.4, 0.5) is 5.13 Å². The van der Waals surface area contributed by atoms with Crippen molar-refractivity contribution in [3.05, 3.63) is 10.0 Å². The third kappa shape index (κ3) is 2.39. The second-order valence-corrected chi connectivity index (χ2v) is 4.51. The van der Waals surface area contributed by atoms with E-state index in [-0.39, 0.29) is 16.1 Å². The molecule has 2 heterocycles. The zero-order chi connectivity index (χ0) is 10.8. The van der Waals surface area contributed by atoms with Crippen LogP contribution in [0.3, 0.4) is 0 Å². The van der Waals surface area contributed by atoms with Crippen molar-refractivity contribution in [2.45, 2.75) is 12.5 Å². The summed E-state index contributed by atoms with van der Waals surface area (Å²) in [4.78, 5) is 14.7. The molecule has 5 nitrogen and oxygen atoms in total. The van der Waals surface area contributed by atoms with E-state index in [1.807, 2.05) is 0 Å². The molecule has 1 fully saturated rings. The Balaban J connectivity index is 2.08. The SMILES string of the molecule is O=C(O)c1sc(NC2CCOC2)nc1Cl. The summed E-state index contributed by atoms with van der Waals surface area (Å²) in [5.74, 6) is -1.05. The Labute approximate surface area is 95.0 Å². The first-order valence-corrected chi connectivity index (χ1v) is 5.60. The van der Waals surface area contributed by atoms with Crippen LogP contribution in [-0.4, -0.2) is 35.3 Å². The molecule has 1 aliphatic rings. The lowest BCUT2D eigenvalue weighted by Crippen LogP contribution is -2.18. The van der Waals surface area contributed by atoms with Crippen molar-refractivity contribution in [1.29, 1.82) is 0 Å². The number of ether oxygens (including phenoxy) is 1. The second kappa shape index (κ2) is 4.34. The van der Waals surface area contributed by atoms with Gasteiger partial charge >= 0.3 is 5.97 Å². The quantitative estimate of drug-likeness (QED) is 0.852. The molecule has 1 unspecified atom stereocenters. The molecule has 0 amide bonds. The summed E-state index contributed by atoms with van der Waals surface area (Å²) in [5, 5.41) is 12.4. The largest absolute Gasteiger partial charge is 0.477 e. The highest BCUT2D eigenvalue weighted by Crippen LogP contribution is 2.27. The van der Waals surface area contributed by atoms with E-state index in [1.54, 1.807) is 0 Å². The molecule has 0 aliphatic carbocycles. The fraction of sp³-hybridized carbons (Fsp3) is 0.500. The molecule has 82 valence electrons. The fourth-order valence-electron chi connectivity index (χ4n) is 1.32. The molecule has 2 N–H and O–H groups in total. The van der Waals surface area contributed by atoms with Gasteiger partial charge in [0.05, 0.1) is 12.6 Å². The molecule has 7 heteroatoms. The Hall–Kier alpha value is -0.850. The van der Waals surface area contributed by atoms with Crippen LogP contribution in [0.15, 0.2) is 0 Å². The third-order valence-corrected chi connectivity index (χ3v) is 3.40. The maximum Gasteiger partial charge on any atom is 0.349 e. The minimum atomic E-state index is -1.05. The summed E-state index contributed by atoms with van der Waals surface area (Å²) in [7, 11) is 0. The molecule has 0 radical (unpaired) electrons. The van der Waals surface area contributed by atoms with E-state index in [4.69, 9.17) is 21.4 Å². The molecule has 0 spiro atoms. The number of anilines is 1. The topological polar surface area (TPSA) is 71.5 Å². The number of nitrogens with one attached hydrogen (secondary N) is 1. The molecule has 0 aromatic carbocycles. The molecule has 1 aliphatic heterocycles. The molecule has 2 rings (SSSR count). The van der Waals surface area contributed by atoms with Crippen molar-refractivity contribution in [2.24, 2.45) is 0 Å². The van der Waals surface area contributed by atoms with E-state index in [2.05, 4.69) is 10.3 Å². The maximum absolute atomic E-state index is 10.7. The number of nitrogens with zero attached hydrogens (tertiary/aromatic N) is 1. The van der Waals surface area contributed by atoms with Crippen LogP contribution in [0.5, 0.6) is 0 Å². The standard InChI is InChI=1S/C8H9ClN2O3S/c9-6-5(7(12)13)15-8(11-6)10-4-1-2-14-3-4/h4H,1-3H2,(H,10,11)(H,12,13). The van der Waals surface area contributed by atoms with E-state index >= 15 is 0 Å². The first kappa shape index (κ1) is 10.7. The van der Waals surface area contributed by atoms with E-state index in [0.29, 0.717) is 11.7 Å². The molecule has 1 aromatic heterocycles. The van der Waals surface area contributed by atoms with Crippen molar-refractivity contribution in [3.8, 4) is 0 Å². The number of rotatable bonds is 3. The lowest BCUT2D eigenvalue weighted by molar-refractivity contribution is 0.0702. The van der Waals surface area contributed by atoms with Crippen molar-refractivity contribution in [2.75, 3.05) is 18.5 Å². The second-order valence-electron chi connectivity index (χ2n) is 3.15. The van der Waals surface area contributed by atoms with Gasteiger partial charge in [0.1, 0.15) is 0 Å². The molecule has 1 saturated heterocycles. The van der Waals surface area contributed by atoms with Gasteiger partial charge in [-0.2, -0.15) is 0 Å². The molecule has 15 heavy (non-hydrogen) atoms. The summed E-state index contributed by atoms with van der Waals surface area (Å²) in [6.07, 6.45) is 0.902. The fourth-order valence-corrected chi connectivity index (χ4v) is 2.42. The number of aromatic nitrogens is 1. The minimum absolute atomic E-state index is 0.0360. The zero-order valence-electron chi connectivity index (χ0n) is 7.70. The summed E-state index contributed by atoms with van der Waals surface area (Å²) in [6.45, 7) is 1.35. The summed E-state index contributed by atoms with van der Waals surface area (Å²) in [6, 6.07) is 0.203. The van der Waals surface area contributed by atoms with E-state index in [0.717, 1.165) is 24.4 Å². The lowest BCUT2D eigenvalue weighted by atomic mass is 10.3. The van der Waals surface area contributed by atoms with Crippen LogP contribution in [0.1, 0.15) is 16.1 Å². The number of carbonyl (C=O) groups is 1. The molecular formula is C8H9ClN2O3S. The Morgan fingerprint density at radius 3 is 3.07 bits per heavy atom. The lowest BCUT2D eigenvalue weighted by Gasteiger charge is -2.07. The maximum atomic E-state index is 10.7. The Morgan fingerprint density at radius 2 is 2.53 bits per heavy atom. The predicted molar refractivity (Wildman–Crippen MR) is 56.9 cm³/mol. The van der Waals surface area contributed by atoms with Gasteiger partial charge in [0.25, 0.3) is 0 Å². The highest BCUT2D eigenvalue weighted by Gasteiger charge is 2.20. The first-order chi connectivity index (χ1) is 7.16. The van der Waals surface area contributed by atoms with Crippen LogP contribution in [-0.2, 0) is 4.74 Å².